The Morgan fingerprint density at radius 2 is 2.18 bits per heavy atom. The Labute approximate surface area is 130 Å². The summed E-state index contributed by atoms with van der Waals surface area (Å²) in [5.74, 6) is 0.249. The SMILES string of the molecule is C=CCc1ccco1.NC(=O)CNC(=O)C1=CCCC=CC1. The summed E-state index contributed by atoms with van der Waals surface area (Å²) in [5.41, 5.74) is 5.62. The molecule has 1 aliphatic carbocycles. The van der Waals surface area contributed by atoms with E-state index in [-0.39, 0.29) is 12.5 Å². The zero-order chi connectivity index (χ0) is 16.2. The first-order valence-corrected chi connectivity index (χ1v) is 7.17. The fraction of sp³-hybridized carbons (Fsp3) is 0.294. The van der Waals surface area contributed by atoms with Gasteiger partial charge >= 0.3 is 0 Å². The van der Waals surface area contributed by atoms with Crippen LogP contribution in [0.5, 0.6) is 0 Å². The van der Waals surface area contributed by atoms with E-state index in [1.807, 2.05) is 36.4 Å². The maximum atomic E-state index is 11.4. The molecule has 5 nitrogen and oxygen atoms in total. The molecule has 1 heterocycles. The number of amides is 2. The standard InChI is InChI=1S/C10H14N2O2.C7H8O/c11-9(13)7-12-10(14)8-5-3-1-2-4-6-8;1-2-4-7-5-3-6-8-7/h1,3,6H,2,4-5,7H2,(H2,11,13)(H,12,14);2-3,5-6H,1,4H2. The molecule has 0 aliphatic heterocycles. The van der Waals surface area contributed by atoms with Crippen molar-refractivity contribution in [2.75, 3.05) is 6.54 Å². The normalized spacial score (nSPS) is 13.2. The lowest BCUT2D eigenvalue weighted by Gasteiger charge is -2.04. The van der Waals surface area contributed by atoms with E-state index < -0.39 is 5.91 Å². The first-order chi connectivity index (χ1) is 10.6. The van der Waals surface area contributed by atoms with Crippen LogP contribution >= 0.6 is 0 Å². The van der Waals surface area contributed by atoms with Gasteiger partial charge in [-0.3, -0.25) is 9.59 Å². The van der Waals surface area contributed by atoms with Crippen LogP contribution in [0.2, 0.25) is 0 Å². The summed E-state index contributed by atoms with van der Waals surface area (Å²) in [6.45, 7) is 3.48. The highest BCUT2D eigenvalue weighted by molar-refractivity contribution is 5.95. The zero-order valence-corrected chi connectivity index (χ0v) is 12.6. The van der Waals surface area contributed by atoms with Gasteiger partial charge in [-0.1, -0.05) is 24.3 Å². The Balaban J connectivity index is 0.000000255. The molecular weight excluding hydrogens is 280 g/mol. The lowest BCUT2D eigenvalue weighted by Crippen LogP contribution is -2.34. The lowest BCUT2D eigenvalue weighted by molar-refractivity contribution is -0.122. The quantitative estimate of drug-likeness (QED) is 0.818. The van der Waals surface area contributed by atoms with Gasteiger partial charge in [0.1, 0.15) is 5.76 Å². The Morgan fingerprint density at radius 1 is 1.36 bits per heavy atom. The van der Waals surface area contributed by atoms with Crippen LogP contribution in [-0.4, -0.2) is 18.4 Å². The number of carbonyl (C=O) groups excluding carboxylic acids is 2. The lowest BCUT2D eigenvalue weighted by atomic mass is 10.1. The molecule has 0 aromatic carbocycles. The van der Waals surface area contributed by atoms with Gasteiger partial charge in [-0.2, -0.15) is 0 Å². The summed E-state index contributed by atoms with van der Waals surface area (Å²) in [4.78, 5) is 21.9. The molecule has 2 rings (SSSR count). The van der Waals surface area contributed by atoms with Crippen molar-refractivity contribution in [1.29, 1.82) is 0 Å². The second kappa shape index (κ2) is 10.2. The Hall–Kier alpha value is -2.56. The van der Waals surface area contributed by atoms with Crippen molar-refractivity contribution in [2.24, 2.45) is 5.73 Å². The number of hydrogen-bond acceptors (Lipinski definition) is 3. The molecule has 0 saturated carbocycles. The summed E-state index contributed by atoms with van der Waals surface area (Å²) < 4.78 is 5.00. The maximum Gasteiger partial charge on any atom is 0.247 e. The zero-order valence-electron chi connectivity index (χ0n) is 12.6. The van der Waals surface area contributed by atoms with Gasteiger partial charge in [-0.15, -0.1) is 6.58 Å². The van der Waals surface area contributed by atoms with E-state index in [2.05, 4.69) is 11.9 Å². The Morgan fingerprint density at radius 3 is 2.82 bits per heavy atom. The molecular formula is C17H22N2O3. The van der Waals surface area contributed by atoms with E-state index in [1.165, 1.54) is 0 Å². The fourth-order valence-corrected chi connectivity index (χ4v) is 1.80. The van der Waals surface area contributed by atoms with Gasteiger partial charge in [-0.25, -0.2) is 0 Å². The van der Waals surface area contributed by atoms with Gasteiger partial charge < -0.3 is 15.5 Å². The summed E-state index contributed by atoms with van der Waals surface area (Å²) in [7, 11) is 0. The third kappa shape index (κ3) is 7.28. The molecule has 0 atom stereocenters. The molecule has 5 heteroatoms. The topological polar surface area (TPSA) is 85.3 Å². The Kier molecular flexibility index (Phi) is 8.12. The number of furan rings is 1. The highest BCUT2D eigenvalue weighted by Crippen LogP contribution is 2.10. The minimum absolute atomic E-state index is 0.0973. The molecule has 1 aliphatic rings. The summed E-state index contributed by atoms with van der Waals surface area (Å²) in [6.07, 6.45) is 12.7. The molecule has 0 saturated heterocycles. The number of allylic oxidation sites excluding steroid dienone is 4. The average molecular weight is 302 g/mol. The second-order valence-electron chi connectivity index (χ2n) is 4.70. The third-order valence-electron chi connectivity index (χ3n) is 2.87. The van der Waals surface area contributed by atoms with E-state index in [9.17, 15) is 9.59 Å². The van der Waals surface area contributed by atoms with Crippen LogP contribution in [0.1, 0.15) is 25.0 Å². The number of nitrogens with one attached hydrogen (secondary N) is 1. The predicted octanol–water partition coefficient (Wildman–Crippen LogP) is 2.26. The van der Waals surface area contributed by atoms with Crippen LogP contribution in [0.25, 0.3) is 0 Å². The summed E-state index contributed by atoms with van der Waals surface area (Å²) in [6, 6.07) is 3.81. The molecule has 0 fully saturated rings. The van der Waals surface area contributed by atoms with Crippen LogP contribution in [0.4, 0.5) is 0 Å². The minimum atomic E-state index is -0.525. The third-order valence-corrected chi connectivity index (χ3v) is 2.87. The van der Waals surface area contributed by atoms with E-state index in [4.69, 9.17) is 10.2 Å². The van der Waals surface area contributed by atoms with E-state index >= 15 is 0 Å². The Bertz CT molecular complexity index is 542. The van der Waals surface area contributed by atoms with Crippen molar-refractivity contribution in [1.82, 2.24) is 5.32 Å². The molecule has 118 valence electrons. The van der Waals surface area contributed by atoms with Gasteiger partial charge in [0.2, 0.25) is 11.8 Å². The minimum Gasteiger partial charge on any atom is -0.469 e. The number of hydrogen-bond donors (Lipinski definition) is 2. The van der Waals surface area contributed by atoms with Gasteiger partial charge in [-0.05, 0) is 31.4 Å². The molecule has 22 heavy (non-hydrogen) atoms. The van der Waals surface area contributed by atoms with Gasteiger partial charge in [0.05, 0.1) is 12.8 Å². The molecule has 0 unspecified atom stereocenters. The first-order valence-electron chi connectivity index (χ1n) is 7.17. The summed E-state index contributed by atoms with van der Waals surface area (Å²) >= 11 is 0. The highest BCUT2D eigenvalue weighted by atomic mass is 16.3. The monoisotopic (exact) mass is 302 g/mol. The van der Waals surface area contributed by atoms with E-state index in [0.717, 1.165) is 25.0 Å². The second-order valence-corrected chi connectivity index (χ2v) is 4.70. The van der Waals surface area contributed by atoms with Crippen molar-refractivity contribution in [3.05, 3.63) is 60.6 Å². The highest BCUT2D eigenvalue weighted by Gasteiger charge is 2.09. The van der Waals surface area contributed by atoms with Crippen molar-refractivity contribution >= 4 is 11.8 Å². The van der Waals surface area contributed by atoms with Crippen LogP contribution in [-0.2, 0) is 16.0 Å². The summed E-state index contributed by atoms with van der Waals surface area (Å²) in [5, 5.41) is 2.46. The van der Waals surface area contributed by atoms with Crippen molar-refractivity contribution in [2.45, 2.75) is 25.7 Å². The van der Waals surface area contributed by atoms with Crippen molar-refractivity contribution in [3.8, 4) is 0 Å². The first kappa shape index (κ1) is 17.5. The molecule has 0 bridgehead atoms. The van der Waals surface area contributed by atoms with Gasteiger partial charge in [0.15, 0.2) is 0 Å². The van der Waals surface area contributed by atoms with Gasteiger partial charge in [0, 0.05) is 12.0 Å². The molecule has 0 radical (unpaired) electrons. The maximum absolute atomic E-state index is 11.4. The predicted molar refractivity (Wildman–Crippen MR) is 85.9 cm³/mol. The smallest absolute Gasteiger partial charge is 0.247 e. The largest absolute Gasteiger partial charge is 0.469 e. The number of rotatable bonds is 5. The molecule has 3 N–H and O–H groups in total. The number of carbonyl (C=O) groups is 2. The van der Waals surface area contributed by atoms with Crippen LogP contribution < -0.4 is 11.1 Å². The van der Waals surface area contributed by atoms with Crippen molar-refractivity contribution < 1.29 is 14.0 Å². The van der Waals surface area contributed by atoms with Crippen molar-refractivity contribution in [3.63, 3.8) is 0 Å². The van der Waals surface area contributed by atoms with Gasteiger partial charge in [0.25, 0.3) is 0 Å². The number of nitrogens with two attached hydrogens (primary N) is 1. The van der Waals surface area contributed by atoms with Crippen LogP contribution in [0.3, 0.4) is 0 Å². The molecule has 2 amide bonds. The molecule has 1 aromatic heterocycles. The van der Waals surface area contributed by atoms with E-state index in [0.29, 0.717) is 12.0 Å². The molecule has 1 aromatic rings. The average Bonchev–Trinajstić information content (AvgIpc) is 2.86. The number of primary amides is 1. The molecule has 0 spiro atoms. The van der Waals surface area contributed by atoms with E-state index in [1.54, 1.807) is 6.26 Å². The van der Waals surface area contributed by atoms with Crippen LogP contribution in [0.15, 0.2) is 59.3 Å². The van der Waals surface area contributed by atoms with Crippen LogP contribution in [0, 0.1) is 0 Å². The fourth-order valence-electron chi connectivity index (χ4n) is 1.80.